The molecule has 196 valence electrons. The zero-order chi connectivity index (χ0) is 25.9. The highest BCUT2D eigenvalue weighted by atomic mass is 28.4. The first-order chi connectivity index (χ1) is 15.3. The maximum Gasteiger partial charge on any atom is 0.192 e. The van der Waals surface area contributed by atoms with Crippen LogP contribution < -0.4 is 0 Å². The van der Waals surface area contributed by atoms with Crippen molar-refractivity contribution < 1.29 is 32.9 Å². The summed E-state index contributed by atoms with van der Waals surface area (Å²) in [5, 5.41) is 0.103. The monoisotopic (exact) mass is 498 g/mol. The van der Waals surface area contributed by atoms with Gasteiger partial charge in [0.2, 0.25) is 0 Å². The maximum atomic E-state index is 13.5. The molecule has 0 aromatic heterocycles. The molecule has 3 aliphatic heterocycles. The van der Waals surface area contributed by atoms with Gasteiger partial charge in [0, 0.05) is 12.3 Å². The van der Waals surface area contributed by atoms with Gasteiger partial charge in [-0.15, -0.1) is 0 Å². The van der Waals surface area contributed by atoms with Gasteiger partial charge in [0.05, 0.1) is 18.8 Å². The van der Waals surface area contributed by atoms with Crippen molar-refractivity contribution in [1.82, 2.24) is 0 Å². The summed E-state index contributed by atoms with van der Waals surface area (Å²) in [6, 6.07) is 0. The lowest BCUT2D eigenvalue weighted by Crippen LogP contribution is -2.55. The number of hydrogen-bond acceptors (Lipinski definition) is 7. The molecular weight excluding hydrogens is 452 g/mol. The second kappa shape index (κ2) is 9.36. The van der Waals surface area contributed by atoms with Crippen LogP contribution >= 0.6 is 0 Å². The molecule has 34 heavy (non-hydrogen) atoms. The maximum absolute atomic E-state index is 13.5. The zero-order valence-electron chi connectivity index (χ0n) is 23.0. The van der Waals surface area contributed by atoms with E-state index in [4.69, 9.17) is 28.1 Å². The summed E-state index contributed by atoms with van der Waals surface area (Å²) in [5.74, 6) is -1.72. The molecule has 0 N–H and O–H groups in total. The van der Waals surface area contributed by atoms with Crippen LogP contribution in [0.3, 0.4) is 0 Å². The first kappa shape index (κ1) is 28.0. The van der Waals surface area contributed by atoms with E-state index in [2.05, 4.69) is 40.4 Å². The van der Waals surface area contributed by atoms with E-state index in [-0.39, 0.29) is 41.0 Å². The average molecular weight is 499 g/mol. The quantitative estimate of drug-likeness (QED) is 0.353. The second-order valence-electron chi connectivity index (χ2n) is 12.7. The van der Waals surface area contributed by atoms with Crippen molar-refractivity contribution in [2.75, 3.05) is 6.61 Å². The molecule has 0 unspecified atom stereocenters. The van der Waals surface area contributed by atoms with Crippen LogP contribution in [0.2, 0.25) is 18.1 Å². The number of carbonyl (C=O) groups excluding carboxylic acids is 1. The van der Waals surface area contributed by atoms with E-state index in [1.807, 2.05) is 41.5 Å². The van der Waals surface area contributed by atoms with Gasteiger partial charge in [0.15, 0.2) is 32.0 Å². The van der Waals surface area contributed by atoms with Crippen LogP contribution in [0.5, 0.6) is 0 Å². The smallest absolute Gasteiger partial charge is 0.192 e. The lowest BCUT2D eigenvalue weighted by atomic mass is 9.86. The Morgan fingerprint density at radius 3 is 2.24 bits per heavy atom. The van der Waals surface area contributed by atoms with Gasteiger partial charge >= 0.3 is 0 Å². The van der Waals surface area contributed by atoms with Crippen LogP contribution in [0.25, 0.3) is 0 Å². The molecule has 3 fully saturated rings. The van der Waals surface area contributed by atoms with Crippen molar-refractivity contribution in [1.29, 1.82) is 0 Å². The summed E-state index contributed by atoms with van der Waals surface area (Å²) in [5.41, 5.74) is 0.831. The van der Waals surface area contributed by atoms with Gasteiger partial charge in [0.1, 0.15) is 12.2 Å². The summed E-state index contributed by atoms with van der Waals surface area (Å²) >= 11 is 0. The van der Waals surface area contributed by atoms with Crippen molar-refractivity contribution in [3.63, 3.8) is 0 Å². The highest BCUT2D eigenvalue weighted by molar-refractivity contribution is 6.74. The van der Waals surface area contributed by atoms with Crippen molar-refractivity contribution in [2.45, 2.75) is 129 Å². The van der Waals surface area contributed by atoms with Gasteiger partial charge in [-0.3, -0.25) is 4.79 Å². The molecule has 0 spiro atoms. The van der Waals surface area contributed by atoms with E-state index in [9.17, 15) is 4.79 Å². The minimum atomic E-state index is -1.94. The van der Waals surface area contributed by atoms with Gasteiger partial charge in [-0.05, 0) is 57.3 Å². The first-order valence-electron chi connectivity index (χ1n) is 12.6. The molecule has 7 atom stereocenters. The molecule has 0 radical (unpaired) electrons. The van der Waals surface area contributed by atoms with Crippen molar-refractivity contribution in [3.05, 3.63) is 12.2 Å². The van der Waals surface area contributed by atoms with Crippen LogP contribution in [0.15, 0.2) is 12.2 Å². The Morgan fingerprint density at radius 2 is 1.68 bits per heavy atom. The Labute approximate surface area is 207 Å². The summed E-state index contributed by atoms with van der Waals surface area (Å²) in [4.78, 5) is 13.5. The van der Waals surface area contributed by atoms with E-state index in [1.54, 1.807) is 0 Å². The third-order valence-corrected chi connectivity index (χ3v) is 12.3. The van der Waals surface area contributed by atoms with Gasteiger partial charge in [-0.1, -0.05) is 41.2 Å². The molecule has 0 saturated carbocycles. The SMILES string of the molecule is C=C1[C@H]2OC(C)(C)O[C@H]2O[C@@H]1[C@H](C)CC(=O)[C@@H]1OC(C)(C)O[C@H](CO[Si](C)(C)C(C)(C)C)[C@H]1C. The van der Waals surface area contributed by atoms with Crippen LogP contribution in [0.1, 0.15) is 68.7 Å². The number of fused-ring (bicyclic) bond motifs is 1. The van der Waals surface area contributed by atoms with Crippen molar-refractivity contribution >= 4 is 14.1 Å². The fourth-order valence-corrected chi connectivity index (χ4v) is 5.69. The average Bonchev–Trinajstić information content (AvgIpc) is 3.13. The van der Waals surface area contributed by atoms with Crippen LogP contribution in [-0.4, -0.2) is 63.0 Å². The molecule has 0 aromatic carbocycles. The third-order valence-electron chi connectivity index (χ3n) is 7.75. The molecule has 0 amide bonds. The third kappa shape index (κ3) is 5.85. The van der Waals surface area contributed by atoms with E-state index >= 15 is 0 Å². The van der Waals surface area contributed by atoms with Gasteiger partial charge in [0.25, 0.3) is 0 Å². The predicted molar refractivity (Wildman–Crippen MR) is 133 cm³/mol. The minimum absolute atomic E-state index is 0.0457. The standard InChI is InChI=1S/C26H46O7Si/c1-15(20-17(3)22-23(29-20)33-26(9,10)32-22)13-18(27)21-16(2)19(30-25(7,8)31-21)14-28-34(11,12)24(4,5)6/h15-16,19-23H,3,13-14H2,1-2,4-12H3/t15-,16-,19-,20-,21-,22-,23-/m1/s1. The van der Waals surface area contributed by atoms with E-state index in [1.165, 1.54) is 0 Å². The van der Waals surface area contributed by atoms with Gasteiger partial charge in [-0.25, -0.2) is 0 Å². The summed E-state index contributed by atoms with van der Waals surface area (Å²) in [7, 11) is -1.94. The fourth-order valence-electron chi connectivity index (χ4n) is 4.67. The Hall–Kier alpha value is -0.613. The normalized spacial score (nSPS) is 36.4. The lowest BCUT2D eigenvalue weighted by Gasteiger charge is -2.46. The molecule has 3 rings (SSSR count). The number of carbonyl (C=O) groups is 1. The highest BCUT2D eigenvalue weighted by Crippen LogP contribution is 2.43. The van der Waals surface area contributed by atoms with Crippen molar-refractivity contribution in [2.24, 2.45) is 11.8 Å². The molecule has 7 nitrogen and oxygen atoms in total. The molecule has 0 aromatic rings. The van der Waals surface area contributed by atoms with Gasteiger partial charge < -0.3 is 28.1 Å². The Kier molecular flexibility index (Phi) is 7.70. The molecule has 3 saturated heterocycles. The summed E-state index contributed by atoms with van der Waals surface area (Å²) in [6.07, 6.45) is -1.54. The van der Waals surface area contributed by atoms with Crippen LogP contribution in [0.4, 0.5) is 0 Å². The Balaban J connectivity index is 1.64. The van der Waals surface area contributed by atoms with Crippen LogP contribution in [0, 0.1) is 11.8 Å². The number of rotatable bonds is 7. The highest BCUT2D eigenvalue weighted by Gasteiger charge is 2.53. The Bertz CT molecular complexity index is 785. The second-order valence-corrected chi connectivity index (χ2v) is 17.5. The van der Waals surface area contributed by atoms with Gasteiger partial charge in [-0.2, -0.15) is 0 Å². The number of Topliss-reactive ketones (excluding diaryl/α,β-unsaturated/α-hetero) is 1. The molecule has 8 heteroatoms. The summed E-state index contributed by atoms with van der Waals surface area (Å²) < 4.78 is 36.7. The zero-order valence-corrected chi connectivity index (χ0v) is 24.0. The lowest BCUT2D eigenvalue weighted by molar-refractivity contribution is -0.315. The largest absolute Gasteiger partial charge is 0.414 e. The molecule has 0 aliphatic carbocycles. The topological polar surface area (TPSA) is 72.5 Å². The number of ether oxygens (including phenoxy) is 5. The minimum Gasteiger partial charge on any atom is -0.414 e. The molecular formula is C26H46O7Si. The molecule has 3 heterocycles. The first-order valence-corrected chi connectivity index (χ1v) is 15.5. The van der Waals surface area contributed by atoms with Crippen LogP contribution in [-0.2, 0) is 32.9 Å². The Morgan fingerprint density at radius 1 is 1.09 bits per heavy atom. The van der Waals surface area contributed by atoms with E-state index in [0.717, 1.165) is 5.57 Å². The molecule has 3 aliphatic rings. The van der Waals surface area contributed by atoms with Crippen molar-refractivity contribution in [3.8, 4) is 0 Å². The molecule has 0 bridgehead atoms. The predicted octanol–water partition coefficient (Wildman–Crippen LogP) is 5.19. The fraction of sp³-hybridized carbons (Fsp3) is 0.885. The van der Waals surface area contributed by atoms with E-state index < -0.39 is 32.3 Å². The summed E-state index contributed by atoms with van der Waals surface area (Å²) in [6.45, 7) is 27.2. The van der Waals surface area contributed by atoms with E-state index in [0.29, 0.717) is 13.0 Å². The number of ketones is 1. The number of hydrogen-bond donors (Lipinski definition) is 0.